The zero-order chi connectivity index (χ0) is 9.26. The van der Waals surface area contributed by atoms with Crippen molar-refractivity contribution in [1.29, 1.82) is 0 Å². The third-order valence-corrected chi connectivity index (χ3v) is 3.60. The Labute approximate surface area is 89.5 Å². The van der Waals surface area contributed by atoms with Crippen LogP contribution in [0, 0.1) is 0 Å². The van der Waals surface area contributed by atoms with Crippen LogP contribution in [0.25, 0.3) is 0 Å². The third kappa shape index (κ3) is 2.81. The minimum Gasteiger partial charge on any atom is -0.353 e. The second kappa shape index (κ2) is 3.80. The molecule has 1 saturated carbocycles. The number of amides is 1. The van der Waals surface area contributed by atoms with Crippen LogP contribution in [0.2, 0.25) is 0 Å². The Morgan fingerprint density at radius 1 is 1.69 bits per heavy atom. The van der Waals surface area contributed by atoms with Gasteiger partial charge >= 0.3 is 0 Å². The molecule has 1 heterocycles. The van der Waals surface area contributed by atoms with Gasteiger partial charge in [-0.1, -0.05) is 0 Å². The van der Waals surface area contributed by atoms with Gasteiger partial charge in [0.15, 0.2) is 0 Å². The van der Waals surface area contributed by atoms with Gasteiger partial charge in [-0.2, -0.15) is 0 Å². The lowest BCUT2D eigenvalue weighted by molar-refractivity contribution is -0.120. The number of hydrogen-bond donors (Lipinski definition) is 1. The van der Waals surface area contributed by atoms with E-state index in [4.69, 9.17) is 0 Å². The molecule has 0 unspecified atom stereocenters. The van der Waals surface area contributed by atoms with E-state index in [1.165, 1.54) is 0 Å². The highest BCUT2D eigenvalue weighted by molar-refractivity contribution is 9.10. The van der Waals surface area contributed by atoms with Crippen LogP contribution in [0.15, 0.2) is 15.9 Å². The molecule has 1 aromatic heterocycles. The molecule has 4 heteroatoms. The Kier molecular flexibility index (Phi) is 2.69. The molecule has 0 spiro atoms. The van der Waals surface area contributed by atoms with Crippen LogP contribution in [0.3, 0.4) is 0 Å². The van der Waals surface area contributed by atoms with Crippen LogP contribution < -0.4 is 5.32 Å². The van der Waals surface area contributed by atoms with E-state index >= 15 is 0 Å². The van der Waals surface area contributed by atoms with E-state index in [1.54, 1.807) is 11.3 Å². The van der Waals surface area contributed by atoms with Gasteiger partial charge in [-0.05, 0) is 34.8 Å². The lowest BCUT2D eigenvalue weighted by atomic mass is 10.3. The minimum atomic E-state index is 0.150. The number of thiophene rings is 1. The maximum atomic E-state index is 11.4. The lowest BCUT2D eigenvalue weighted by Gasteiger charge is -1.99. The quantitative estimate of drug-likeness (QED) is 0.887. The summed E-state index contributed by atoms with van der Waals surface area (Å²) in [6, 6.07) is 2.47. The second-order valence-electron chi connectivity index (χ2n) is 3.25. The Balaban J connectivity index is 1.85. The molecule has 0 atom stereocenters. The molecule has 2 rings (SSSR count). The topological polar surface area (TPSA) is 29.1 Å². The molecular weight excluding hydrogens is 250 g/mol. The zero-order valence-electron chi connectivity index (χ0n) is 7.05. The van der Waals surface area contributed by atoms with E-state index in [-0.39, 0.29) is 5.91 Å². The van der Waals surface area contributed by atoms with E-state index in [2.05, 4.69) is 21.2 Å². The summed E-state index contributed by atoms with van der Waals surface area (Å²) in [7, 11) is 0. The van der Waals surface area contributed by atoms with Gasteiger partial charge in [-0.25, -0.2) is 0 Å². The molecule has 1 aliphatic carbocycles. The second-order valence-corrected chi connectivity index (χ2v) is 5.16. The summed E-state index contributed by atoms with van der Waals surface area (Å²) in [6.45, 7) is 0. The number of hydrogen-bond acceptors (Lipinski definition) is 2. The smallest absolute Gasteiger partial charge is 0.225 e. The first kappa shape index (κ1) is 9.21. The van der Waals surface area contributed by atoms with Gasteiger partial charge in [-0.3, -0.25) is 4.79 Å². The highest BCUT2D eigenvalue weighted by Gasteiger charge is 2.23. The minimum absolute atomic E-state index is 0.150. The maximum absolute atomic E-state index is 11.4. The Morgan fingerprint density at radius 3 is 3.00 bits per heavy atom. The molecule has 1 fully saturated rings. The molecule has 70 valence electrons. The fourth-order valence-corrected chi connectivity index (χ4v) is 2.56. The average Bonchev–Trinajstić information content (AvgIpc) is 2.76. The van der Waals surface area contributed by atoms with Gasteiger partial charge in [0.25, 0.3) is 0 Å². The van der Waals surface area contributed by atoms with E-state index in [0.717, 1.165) is 22.2 Å². The van der Waals surface area contributed by atoms with E-state index < -0.39 is 0 Å². The number of carbonyl (C=O) groups is 1. The van der Waals surface area contributed by atoms with Gasteiger partial charge in [0.1, 0.15) is 0 Å². The molecule has 1 aromatic rings. The van der Waals surface area contributed by atoms with Gasteiger partial charge in [-0.15, -0.1) is 11.3 Å². The largest absolute Gasteiger partial charge is 0.353 e. The Bertz CT molecular complexity index is 319. The van der Waals surface area contributed by atoms with Crippen molar-refractivity contribution in [3.8, 4) is 0 Å². The fourth-order valence-electron chi connectivity index (χ4n) is 1.11. The number of rotatable bonds is 3. The maximum Gasteiger partial charge on any atom is 0.225 e. The predicted octanol–water partition coefficient (Wildman–Crippen LogP) is 2.33. The number of nitrogens with one attached hydrogen (secondary N) is 1. The summed E-state index contributed by atoms with van der Waals surface area (Å²) in [5.41, 5.74) is 0. The van der Waals surface area contributed by atoms with Crippen molar-refractivity contribution in [2.24, 2.45) is 0 Å². The van der Waals surface area contributed by atoms with Gasteiger partial charge < -0.3 is 5.32 Å². The molecule has 0 aromatic carbocycles. The van der Waals surface area contributed by atoms with Crippen molar-refractivity contribution in [2.75, 3.05) is 0 Å². The van der Waals surface area contributed by atoms with E-state index in [1.807, 2.05) is 11.4 Å². The first-order valence-corrected chi connectivity index (χ1v) is 5.93. The van der Waals surface area contributed by atoms with Crippen LogP contribution in [0.1, 0.15) is 17.7 Å². The molecule has 13 heavy (non-hydrogen) atoms. The van der Waals surface area contributed by atoms with Gasteiger partial charge in [0.05, 0.1) is 6.42 Å². The van der Waals surface area contributed by atoms with Gasteiger partial charge in [0.2, 0.25) is 5.91 Å². The standard InChI is InChI=1S/C9H10BrNOS/c10-6-3-8(13-5-6)4-9(12)11-7-1-2-7/h3,5,7H,1-2,4H2,(H,11,12). The fraction of sp³-hybridized carbons (Fsp3) is 0.444. The van der Waals surface area contributed by atoms with Crippen molar-refractivity contribution in [3.05, 3.63) is 20.8 Å². The zero-order valence-corrected chi connectivity index (χ0v) is 9.45. The van der Waals surface area contributed by atoms with Gasteiger partial charge in [0, 0.05) is 20.8 Å². The monoisotopic (exact) mass is 259 g/mol. The molecular formula is C9H10BrNOS. The summed E-state index contributed by atoms with van der Waals surface area (Å²) < 4.78 is 1.06. The Morgan fingerprint density at radius 2 is 2.46 bits per heavy atom. The summed E-state index contributed by atoms with van der Waals surface area (Å²) >= 11 is 4.98. The van der Waals surface area contributed by atoms with Crippen molar-refractivity contribution in [3.63, 3.8) is 0 Å². The molecule has 2 nitrogen and oxygen atoms in total. The average molecular weight is 260 g/mol. The molecule has 0 saturated heterocycles. The van der Waals surface area contributed by atoms with E-state index in [9.17, 15) is 4.79 Å². The molecule has 1 amide bonds. The van der Waals surface area contributed by atoms with E-state index in [0.29, 0.717) is 12.5 Å². The van der Waals surface area contributed by atoms with Crippen molar-refractivity contribution in [1.82, 2.24) is 5.32 Å². The highest BCUT2D eigenvalue weighted by atomic mass is 79.9. The van der Waals surface area contributed by atoms with Crippen LogP contribution in [-0.2, 0) is 11.2 Å². The number of carbonyl (C=O) groups excluding carboxylic acids is 1. The summed E-state index contributed by atoms with van der Waals surface area (Å²) in [5.74, 6) is 0.150. The number of halogens is 1. The molecule has 0 bridgehead atoms. The summed E-state index contributed by atoms with van der Waals surface area (Å²) in [4.78, 5) is 12.5. The van der Waals surface area contributed by atoms with Crippen LogP contribution in [0.5, 0.6) is 0 Å². The predicted molar refractivity (Wildman–Crippen MR) is 56.9 cm³/mol. The highest BCUT2D eigenvalue weighted by Crippen LogP contribution is 2.21. The molecule has 0 radical (unpaired) electrons. The lowest BCUT2D eigenvalue weighted by Crippen LogP contribution is -2.26. The normalized spacial score (nSPS) is 15.8. The molecule has 1 aliphatic rings. The Hall–Kier alpha value is -0.350. The third-order valence-electron chi connectivity index (χ3n) is 1.90. The van der Waals surface area contributed by atoms with Crippen molar-refractivity contribution < 1.29 is 4.79 Å². The molecule has 1 N–H and O–H groups in total. The first-order chi connectivity index (χ1) is 6.24. The van der Waals surface area contributed by atoms with Crippen LogP contribution in [-0.4, -0.2) is 11.9 Å². The van der Waals surface area contributed by atoms with Crippen molar-refractivity contribution in [2.45, 2.75) is 25.3 Å². The van der Waals surface area contributed by atoms with Crippen molar-refractivity contribution >= 4 is 33.2 Å². The summed E-state index contributed by atoms with van der Waals surface area (Å²) in [6.07, 6.45) is 2.83. The molecule has 0 aliphatic heterocycles. The van der Waals surface area contributed by atoms with Crippen LogP contribution in [0.4, 0.5) is 0 Å². The summed E-state index contributed by atoms with van der Waals surface area (Å²) in [5, 5.41) is 4.96. The first-order valence-electron chi connectivity index (χ1n) is 4.26. The van der Waals surface area contributed by atoms with Crippen LogP contribution >= 0.6 is 27.3 Å². The SMILES string of the molecule is O=C(Cc1cc(Br)cs1)NC1CC1.